The van der Waals surface area contributed by atoms with Crippen LogP contribution in [0.1, 0.15) is 13.3 Å². The van der Waals surface area contributed by atoms with Crippen LogP contribution in [0.4, 0.5) is 0 Å². The smallest absolute Gasteiger partial charge is 0.0434 e. The first-order valence-corrected chi connectivity index (χ1v) is 2.62. The molecule has 1 unspecified atom stereocenters. The van der Waals surface area contributed by atoms with Gasteiger partial charge in [-0.15, -0.1) is 17.0 Å². The zero-order chi connectivity index (χ0) is 5.70. The summed E-state index contributed by atoms with van der Waals surface area (Å²) in [6.07, 6.45) is 0.830. The van der Waals surface area contributed by atoms with Crippen molar-refractivity contribution in [2.75, 3.05) is 13.2 Å². The van der Waals surface area contributed by atoms with Gasteiger partial charge in [0.15, 0.2) is 0 Å². The van der Waals surface area contributed by atoms with Gasteiger partial charge in [0.05, 0.1) is 0 Å². The number of nitrogens with two attached hydrogens (primary N) is 1. The van der Waals surface area contributed by atoms with E-state index < -0.39 is 0 Å². The number of hydrogen-bond donors (Lipinski definition) is 2. The van der Waals surface area contributed by atoms with Gasteiger partial charge < -0.3 is 10.8 Å². The number of aliphatic hydroxyl groups is 1. The predicted molar refractivity (Wildman–Crippen MR) is 40.2 cm³/mol. The van der Waals surface area contributed by atoms with Gasteiger partial charge in [-0.05, 0) is 18.9 Å². The van der Waals surface area contributed by atoms with E-state index in [0.29, 0.717) is 12.5 Å². The molecule has 0 aromatic carbocycles. The Morgan fingerprint density at radius 1 is 1.62 bits per heavy atom. The van der Waals surface area contributed by atoms with Gasteiger partial charge in [-0.25, -0.2) is 0 Å². The van der Waals surface area contributed by atoms with Crippen LogP contribution in [0.2, 0.25) is 0 Å². The van der Waals surface area contributed by atoms with Crippen LogP contribution in [0, 0.1) is 5.92 Å². The molecule has 8 heavy (non-hydrogen) atoms. The van der Waals surface area contributed by atoms with Gasteiger partial charge in [0.25, 0.3) is 0 Å². The first kappa shape index (κ1) is 11.2. The summed E-state index contributed by atoms with van der Waals surface area (Å²) in [7, 11) is 0. The summed E-state index contributed by atoms with van der Waals surface area (Å²) in [5.41, 5.74) is 5.25. The van der Waals surface area contributed by atoms with Crippen molar-refractivity contribution in [1.82, 2.24) is 0 Å². The summed E-state index contributed by atoms with van der Waals surface area (Å²) in [6, 6.07) is 0. The second kappa shape index (κ2) is 7.40. The van der Waals surface area contributed by atoms with E-state index in [2.05, 4.69) is 0 Å². The Kier molecular flexibility index (Phi) is 10.4. The SMILES string of the molecule is Br.CC(CN)CCO. The highest BCUT2D eigenvalue weighted by Crippen LogP contribution is 1.94. The van der Waals surface area contributed by atoms with Gasteiger partial charge in [0.2, 0.25) is 0 Å². The van der Waals surface area contributed by atoms with E-state index in [4.69, 9.17) is 10.8 Å². The quantitative estimate of drug-likeness (QED) is 0.672. The molecule has 0 amide bonds. The van der Waals surface area contributed by atoms with Crippen LogP contribution in [0.5, 0.6) is 0 Å². The first-order chi connectivity index (χ1) is 3.31. The second-order valence-electron chi connectivity index (χ2n) is 1.85. The fraction of sp³-hybridized carbons (Fsp3) is 1.00. The molecule has 0 radical (unpaired) electrons. The minimum atomic E-state index is 0. The normalized spacial score (nSPS) is 12.4. The Labute approximate surface area is 60.8 Å². The highest BCUT2D eigenvalue weighted by molar-refractivity contribution is 8.93. The summed E-state index contributed by atoms with van der Waals surface area (Å²) >= 11 is 0. The van der Waals surface area contributed by atoms with Gasteiger partial charge in [-0.2, -0.15) is 0 Å². The standard InChI is InChI=1S/C5H13NO.BrH/c1-5(4-6)2-3-7;/h5,7H,2-4,6H2,1H3;1H. The monoisotopic (exact) mass is 183 g/mol. The molecule has 3 heteroatoms. The maximum Gasteiger partial charge on any atom is 0.0434 e. The number of hydrogen-bond acceptors (Lipinski definition) is 2. The molecule has 0 heterocycles. The molecule has 0 aliphatic heterocycles. The van der Waals surface area contributed by atoms with Crippen molar-refractivity contribution in [2.24, 2.45) is 11.7 Å². The number of aliphatic hydroxyl groups excluding tert-OH is 1. The topological polar surface area (TPSA) is 46.2 Å². The molecule has 0 rings (SSSR count). The zero-order valence-corrected chi connectivity index (χ0v) is 6.84. The van der Waals surface area contributed by atoms with Gasteiger partial charge in [-0.3, -0.25) is 0 Å². The average molecular weight is 184 g/mol. The molecule has 0 bridgehead atoms. The molecule has 3 N–H and O–H groups in total. The highest BCUT2D eigenvalue weighted by Gasteiger charge is 1.93. The predicted octanol–water partition coefficient (Wildman–Crippen LogP) is 0.542. The van der Waals surface area contributed by atoms with Crippen LogP contribution < -0.4 is 5.73 Å². The summed E-state index contributed by atoms with van der Waals surface area (Å²) < 4.78 is 0. The molecule has 52 valence electrons. The van der Waals surface area contributed by atoms with Crippen molar-refractivity contribution in [3.05, 3.63) is 0 Å². The number of rotatable bonds is 3. The Balaban J connectivity index is 0. The Hall–Kier alpha value is 0.400. The van der Waals surface area contributed by atoms with Crippen molar-refractivity contribution in [3.8, 4) is 0 Å². The summed E-state index contributed by atoms with van der Waals surface area (Å²) in [5, 5.41) is 8.31. The molecular formula is C5H14BrNO. The molecule has 0 aromatic heterocycles. The lowest BCUT2D eigenvalue weighted by Gasteiger charge is -2.02. The third-order valence-corrected chi connectivity index (χ3v) is 1.02. The van der Waals surface area contributed by atoms with Crippen molar-refractivity contribution >= 4 is 17.0 Å². The molecule has 0 aromatic rings. The van der Waals surface area contributed by atoms with Crippen molar-refractivity contribution in [1.29, 1.82) is 0 Å². The molecule has 2 nitrogen and oxygen atoms in total. The van der Waals surface area contributed by atoms with Gasteiger partial charge >= 0.3 is 0 Å². The fourth-order valence-corrected chi connectivity index (χ4v) is 0.338. The van der Waals surface area contributed by atoms with E-state index in [1.165, 1.54) is 0 Å². The molecule has 0 saturated carbocycles. The molecule has 0 spiro atoms. The van der Waals surface area contributed by atoms with E-state index in [1.54, 1.807) is 0 Å². The van der Waals surface area contributed by atoms with E-state index in [9.17, 15) is 0 Å². The van der Waals surface area contributed by atoms with Crippen LogP contribution in [-0.2, 0) is 0 Å². The molecule has 0 aliphatic carbocycles. The largest absolute Gasteiger partial charge is 0.396 e. The molecule has 0 aliphatic rings. The summed E-state index contributed by atoms with van der Waals surface area (Å²) in [5.74, 6) is 0.477. The highest BCUT2D eigenvalue weighted by atomic mass is 79.9. The minimum absolute atomic E-state index is 0. The zero-order valence-electron chi connectivity index (χ0n) is 5.13. The maximum atomic E-state index is 8.31. The van der Waals surface area contributed by atoms with Crippen molar-refractivity contribution in [2.45, 2.75) is 13.3 Å². The third-order valence-electron chi connectivity index (χ3n) is 1.02. The fourth-order valence-electron chi connectivity index (χ4n) is 0.338. The lowest BCUT2D eigenvalue weighted by atomic mass is 10.1. The molecular weight excluding hydrogens is 170 g/mol. The first-order valence-electron chi connectivity index (χ1n) is 2.62. The summed E-state index contributed by atoms with van der Waals surface area (Å²) in [4.78, 5) is 0. The second-order valence-corrected chi connectivity index (χ2v) is 1.85. The number of halogens is 1. The Morgan fingerprint density at radius 3 is 2.25 bits per heavy atom. The van der Waals surface area contributed by atoms with Crippen LogP contribution in [0.25, 0.3) is 0 Å². The van der Waals surface area contributed by atoms with Crippen molar-refractivity contribution < 1.29 is 5.11 Å². The van der Waals surface area contributed by atoms with E-state index in [1.807, 2.05) is 6.92 Å². The maximum absolute atomic E-state index is 8.31. The summed E-state index contributed by atoms with van der Waals surface area (Å²) in [6.45, 7) is 2.97. The molecule has 1 atom stereocenters. The molecule has 0 fully saturated rings. The molecule has 0 saturated heterocycles. The van der Waals surface area contributed by atoms with E-state index >= 15 is 0 Å². The Morgan fingerprint density at radius 2 is 2.12 bits per heavy atom. The van der Waals surface area contributed by atoms with E-state index in [0.717, 1.165) is 6.42 Å². The van der Waals surface area contributed by atoms with Crippen LogP contribution in [0.3, 0.4) is 0 Å². The van der Waals surface area contributed by atoms with Crippen LogP contribution in [-0.4, -0.2) is 18.3 Å². The Bertz CT molecular complexity index is 43.4. The minimum Gasteiger partial charge on any atom is -0.396 e. The lowest BCUT2D eigenvalue weighted by Crippen LogP contribution is -2.11. The van der Waals surface area contributed by atoms with Gasteiger partial charge in [0, 0.05) is 6.61 Å². The third kappa shape index (κ3) is 6.40. The van der Waals surface area contributed by atoms with E-state index in [-0.39, 0.29) is 23.6 Å². The lowest BCUT2D eigenvalue weighted by molar-refractivity contribution is 0.264. The van der Waals surface area contributed by atoms with Crippen LogP contribution >= 0.6 is 17.0 Å². The average Bonchev–Trinajstić information content (AvgIpc) is 1.68. The van der Waals surface area contributed by atoms with Gasteiger partial charge in [0.1, 0.15) is 0 Å². The van der Waals surface area contributed by atoms with Gasteiger partial charge in [-0.1, -0.05) is 6.92 Å². The van der Waals surface area contributed by atoms with Crippen LogP contribution in [0.15, 0.2) is 0 Å². The van der Waals surface area contributed by atoms with Crippen molar-refractivity contribution in [3.63, 3.8) is 0 Å².